The van der Waals surface area contributed by atoms with Crippen molar-refractivity contribution in [3.8, 4) is 0 Å². The first-order valence-corrected chi connectivity index (χ1v) is 14.0. The Morgan fingerprint density at radius 1 is 1.23 bits per heavy atom. The first-order valence-electron chi connectivity index (χ1n) is 14.0. The lowest BCUT2D eigenvalue weighted by Crippen LogP contribution is -2.50. The topological polar surface area (TPSA) is 125 Å². The van der Waals surface area contributed by atoms with E-state index in [4.69, 9.17) is 9.47 Å². The molecular formula is C30H44N4O6. The highest BCUT2D eigenvalue weighted by atomic mass is 16.6. The number of allylic oxidation sites excluding steroid dienone is 3. The van der Waals surface area contributed by atoms with Crippen molar-refractivity contribution in [1.82, 2.24) is 19.8 Å². The molecule has 3 heterocycles. The van der Waals surface area contributed by atoms with Crippen molar-refractivity contribution in [1.29, 1.82) is 0 Å². The van der Waals surface area contributed by atoms with Crippen LogP contribution in [0, 0.1) is 5.92 Å². The zero-order valence-electron chi connectivity index (χ0n) is 24.3. The molecule has 0 aliphatic carbocycles. The lowest BCUT2D eigenvalue weighted by atomic mass is 9.89. The SMILES string of the molecule is C/C(=C\C=C\C(C)c1ncccn1)[C@H]1OC(=O)C[C@@H](O)CC[C@](C)(O)[C@@H](OC(=O)N2CCN(C)CC2)/C=C/[C@@H]1C. The Hall–Kier alpha value is -3.08. The van der Waals surface area contributed by atoms with Crippen molar-refractivity contribution in [2.75, 3.05) is 33.2 Å². The molecule has 0 spiro atoms. The van der Waals surface area contributed by atoms with E-state index in [1.54, 1.807) is 36.4 Å². The molecular weight excluding hydrogens is 512 g/mol. The summed E-state index contributed by atoms with van der Waals surface area (Å²) in [5.74, 6) is -0.120. The molecule has 1 unspecified atom stereocenters. The van der Waals surface area contributed by atoms with E-state index < -0.39 is 36.0 Å². The van der Waals surface area contributed by atoms with Crippen LogP contribution in [0.3, 0.4) is 0 Å². The molecule has 0 bridgehead atoms. The minimum Gasteiger partial charge on any atom is -0.457 e. The van der Waals surface area contributed by atoms with Gasteiger partial charge in [0, 0.05) is 50.4 Å². The summed E-state index contributed by atoms with van der Waals surface area (Å²) in [6, 6.07) is 1.77. The molecule has 1 aromatic heterocycles. The van der Waals surface area contributed by atoms with Gasteiger partial charge in [0.15, 0.2) is 6.10 Å². The number of amides is 1. The van der Waals surface area contributed by atoms with Crippen molar-refractivity contribution in [2.45, 2.75) is 76.8 Å². The predicted octanol–water partition coefficient (Wildman–Crippen LogP) is 3.24. The van der Waals surface area contributed by atoms with Gasteiger partial charge in [0.05, 0.1) is 12.5 Å². The first kappa shape index (κ1) is 31.4. The molecule has 10 heteroatoms. The first-order chi connectivity index (χ1) is 19.0. The summed E-state index contributed by atoms with van der Waals surface area (Å²) in [7, 11) is 2.00. The van der Waals surface area contributed by atoms with Crippen molar-refractivity contribution >= 4 is 12.1 Å². The van der Waals surface area contributed by atoms with E-state index in [1.165, 1.54) is 0 Å². The zero-order valence-corrected chi connectivity index (χ0v) is 24.3. The number of likely N-dealkylation sites (N-methyl/N-ethyl adjacent to an activating group) is 1. The van der Waals surface area contributed by atoms with Gasteiger partial charge in [-0.2, -0.15) is 0 Å². The van der Waals surface area contributed by atoms with Gasteiger partial charge in [0.2, 0.25) is 0 Å². The monoisotopic (exact) mass is 556 g/mol. The smallest absolute Gasteiger partial charge is 0.410 e. The Morgan fingerprint density at radius 2 is 1.90 bits per heavy atom. The van der Waals surface area contributed by atoms with Crippen LogP contribution in [0.4, 0.5) is 4.79 Å². The number of hydrogen-bond donors (Lipinski definition) is 2. The number of aliphatic hydroxyl groups excluding tert-OH is 1. The van der Waals surface area contributed by atoms with E-state index in [9.17, 15) is 19.8 Å². The standard InChI is InChI=1S/C30H44N4O6/c1-21(8-6-9-23(3)28-31-14-7-15-32-28)27-22(2)10-11-25(39-29(37)34-18-16-33(5)17-19-34)30(4,38)13-12-24(35)20-26(36)40-27/h6-11,14-15,22-25,27,35,38H,12-13,16-20H2,1-5H3/b9-6+,11-10+,21-8+/t22-,23?,24-,25-,27+,30-/m0/s1. The number of rotatable bonds is 5. The number of aliphatic hydroxyl groups is 2. The fraction of sp³-hybridized carbons (Fsp3) is 0.600. The number of aromatic nitrogens is 2. The van der Waals surface area contributed by atoms with Gasteiger partial charge in [-0.05, 0) is 51.5 Å². The highest BCUT2D eigenvalue weighted by Crippen LogP contribution is 2.27. The molecule has 2 aliphatic heterocycles. The molecule has 6 atom stereocenters. The predicted molar refractivity (Wildman–Crippen MR) is 151 cm³/mol. The van der Waals surface area contributed by atoms with Crippen LogP contribution in [-0.4, -0.2) is 99.2 Å². The summed E-state index contributed by atoms with van der Waals surface area (Å²) in [5, 5.41) is 21.8. The third-order valence-electron chi connectivity index (χ3n) is 7.51. The van der Waals surface area contributed by atoms with Crippen LogP contribution in [0.25, 0.3) is 0 Å². The Bertz CT molecular complexity index is 1070. The van der Waals surface area contributed by atoms with E-state index in [0.29, 0.717) is 18.9 Å². The van der Waals surface area contributed by atoms with Gasteiger partial charge < -0.3 is 29.5 Å². The van der Waals surface area contributed by atoms with Gasteiger partial charge in [0.1, 0.15) is 17.5 Å². The molecule has 1 saturated heterocycles. The number of carbonyl (C=O) groups excluding carboxylic acids is 2. The molecule has 1 amide bonds. The summed E-state index contributed by atoms with van der Waals surface area (Å²) in [5.41, 5.74) is -0.645. The Kier molecular flexibility index (Phi) is 11.4. The number of piperazine rings is 1. The molecule has 40 heavy (non-hydrogen) atoms. The van der Waals surface area contributed by atoms with Crippen molar-refractivity contribution in [3.05, 3.63) is 60.2 Å². The number of esters is 1. The maximum Gasteiger partial charge on any atom is 0.410 e. The van der Waals surface area contributed by atoms with Gasteiger partial charge in [-0.25, -0.2) is 14.8 Å². The molecule has 1 fully saturated rings. The molecule has 2 N–H and O–H groups in total. The van der Waals surface area contributed by atoms with Gasteiger partial charge >= 0.3 is 12.1 Å². The van der Waals surface area contributed by atoms with E-state index in [-0.39, 0.29) is 31.1 Å². The molecule has 1 aromatic rings. The average Bonchev–Trinajstić information content (AvgIpc) is 2.92. The Morgan fingerprint density at radius 3 is 2.58 bits per heavy atom. The molecule has 3 rings (SSSR count). The number of nitrogens with zero attached hydrogens (tertiary/aromatic N) is 4. The average molecular weight is 557 g/mol. The number of hydrogen-bond acceptors (Lipinski definition) is 9. The van der Waals surface area contributed by atoms with E-state index in [2.05, 4.69) is 14.9 Å². The molecule has 0 radical (unpaired) electrons. The van der Waals surface area contributed by atoms with Crippen LogP contribution in [0.2, 0.25) is 0 Å². The fourth-order valence-corrected chi connectivity index (χ4v) is 4.72. The largest absolute Gasteiger partial charge is 0.457 e. The van der Waals surface area contributed by atoms with Gasteiger partial charge in [-0.3, -0.25) is 4.79 Å². The van der Waals surface area contributed by atoms with Crippen molar-refractivity contribution in [2.24, 2.45) is 5.92 Å². The Balaban J connectivity index is 1.81. The molecule has 10 nitrogen and oxygen atoms in total. The molecule has 0 saturated carbocycles. The highest BCUT2D eigenvalue weighted by Gasteiger charge is 2.36. The summed E-state index contributed by atoms with van der Waals surface area (Å²) >= 11 is 0. The number of carbonyl (C=O) groups is 2. The van der Waals surface area contributed by atoms with E-state index in [0.717, 1.165) is 18.7 Å². The summed E-state index contributed by atoms with van der Waals surface area (Å²) in [4.78, 5) is 38.0. The molecule has 220 valence electrons. The quantitative estimate of drug-likeness (QED) is 0.319. The van der Waals surface area contributed by atoms with Crippen molar-refractivity contribution in [3.63, 3.8) is 0 Å². The second-order valence-corrected chi connectivity index (χ2v) is 11.2. The zero-order chi connectivity index (χ0) is 29.3. The van der Waals surface area contributed by atoms with Crippen LogP contribution in [0.5, 0.6) is 0 Å². The van der Waals surface area contributed by atoms with Crippen LogP contribution >= 0.6 is 0 Å². The maximum atomic E-state index is 13.0. The number of ether oxygens (including phenoxy) is 2. The van der Waals surface area contributed by atoms with E-state index >= 15 is 0 Å². The minimum absolute atomic E-state index is 0.00504. The summed E-state index contributed by atoms with van der Waals surface area (Å²) in [6.45, 7) is 9.95. The third kappa shape index (κ3) is 9.25. The second kappa shape index (κ2) is 14.5. The van der Waals surface area contributed by atoms with E-state index in [1.807, 2.05) is 52.1 Å². The maximum absolute atomic E-state index is 13.0. The Labute approximate surface area is 237 Å². The fourth-order valence-electron chi connectivity index (χ4n) is 4.72. The van der Waals surface area contributed by atoms with Crippen LogP contribution < -0.4 is 0 Å². The lowest BCUT2D eigenvalue weighted by Gasteiger charge is -2.36. The second-order valence-electron chi connectivity index (χ2n) is 11.2. The van der Waals surface area contributed by atoms with Gasteiger partial charge in [-0.1, -0.05) is 38.2 Å². The highest BCUT2D eigenvalue weighted by molar-refractivity contribution is 5.70. The number of cyclic esters (lactones) is 1. The summed E-state index contributed by atoms with van der Waals surface area (Å²) in [6.07, 6.45) is 9.66. The normalized spacial score (nSPS) is 31.1. The molecule has 2 aliphatic rings. The minimum atomic E-state index is -1.44. The molecule has 0 aromatic carbocycles. The summed E-state index contributed by atoms with van der Waals surface area (Å²) < 4.78 is 11.6. The van der Waals surface area contributed by atoms with Crippen LogP contribution in [0.1, 0.15) is 58.7 Å². The van der Waals surface area contributed by atoms with Gasteiger partial charge in [0.25, 0.3) is 0 Å². The van der Waals surface area contributed by atoms with Crippen LogP contribution in [0.15, 0.2) is 54.4 Å². The third-order valence-corrected chi connectivity index (χ3v) is 7.51. The van der Waals surface area contributed by atoms with Gasteiger partial charge in [-0.15, -0.1) is 0 Å². The van der Waals surface area contributed by atoms with Crippen LogP contribution in [-0.2, 0) is 14.3 Å². The van der Waals surface area contributed by atoms with Crippen molar-refractivity contribution < 1.29 is 29.3 Å². The lowest BCUT2D eigenvalue weighted by molar-refractivity contribution is -0.151.